The molecular weight excluding hydrogens is 375 g/mol. The average molecular weight is 383 g/mol. The largest absolute Gasteiger partial charge is 0.325 e. The molecule has 122 valence electrons. The highest BCUT2D eigenvalue weighted by Crippen LogP contribution is 2.29. The molecule has 1 heterocycles. The second kappa shape index (κ2) is 6.60. The van der Waals surface area contributed by atoms with Gasteiger partial charge in [0.2, 0.25) is 0 Å². The Morgan fingerprint density at radius 1 is 1.12 bits per heavy atom. The second-order valence-electron chi connectivity index (χ2n) is 4.64. The van der Waals surface area contributed by atoms with Crippen molar-refractivity contribution < 1.29 is 9.72 Å². The van der Waals surface area contributed by atoms with E-state index >= 15 is 0 Å². The number of hydrogen-bond acceptors (Lipinski definition) is 5. The first-order valence-electron chi connectivity index (χ1n) is 6.50. The van der Waals surface area contributed by atoms with E-state index in [1.165, 1.54) is 24.3 Å². The Labute approximate surface area is 149 Å². The third-order valence-electron chi connectivity index (χ3n) is 2.98. The van der Waals surface area contributed by atoms with Gasteiger partial charge in [0, 0.05) is 17.8 Å². The fourth-order valence-electron chi connectivity index (χ4n) is 1.91. The Morgan fingerprint density at radius 3 is 2.62 bits per heavy atom. The van der Waals surface area contributed by atoms with E-state index in [4.69, 9.17) is 23.2 Å². The lowest BCUT2D eigenvalue weighted by atomic mass is 10.3. The molecule has 0 saturated carbocycles. The Morgan fingerprint density at radius 2 is 1.92 bits per heavy atom. The van der Waals surface area contributed by atoms with Crippen LogP contribution in [0.3, 0.4) is 0 Å². The van der Waals surface area contributed by atoms with Gasteiger partial charge in [0.05, 0.1) is 25.2 Å². The zero-order valence-corrected chi connectivity index (χ0v) is 14.1. The van der Waals surface area contributed by atoms with Gasteiger partial charge in [-0.3, -0.25) is 15.4 Å². The van der Waals surface area contributed by atoms with Crippen molar-refractivity contribution in [3.63, 3.8) is 0 Å². The van der Waals surface area contributed by atoms with E-state index < -0.39 is 11.0 Å². The Bertz CT molecular complexity index is 960. The number of nitrogens with one attached hydrogen (secondary N) is 2. The third kappa shape index (κ3) is 3.56. The molecule has 1 aromatic heterocycles. The molecule has 0 radical (unpaired) electrons. The van der Waals surface area contributed by atoms with Crippen molar-refractivity contribution in [2.45, 2.75) is 0 Å². The van der Waals surface area contributed by atoms with E-state index in [-0.39, 0.29) is 5.69 Å². The third-order valence-corrected chi connectivity index (χ3v) is 4.65. The molecule has 0 saturated heterocycles. The van der Waals surface area contributed by atoms with Gasteiger partial charge in [0.25, 0.3) is 5.69 Å². The summed E-state index contributed by atoms with van der Waals surface area (Å²) >= 11 is 12.8. The molecule has 3 rings (SSSR count). The number of fused-ring (bicyclic) bond motifs is 1. The summed E-state index contributed by atoms with van der Waals surface area (Å²) < 4.78 is 0.606. The van der Waals surface area contributed by atoms with Crippen LogP contribution in [0, 0.1) is 10.1 Å². The number of halogens is 2. The van der Waals surface area contributed by atoms with Crippen molar-refractivity contribution in [2.24, 2.45) is 0 Å². The number of rotatable bonds is 3. The van der Waals surface area contributed by atoms with Crippen LogP contribution in [0.4, 0.5) is 21.3 Å². The first-order valence-corrected chi connectivity index (χ1v) is 8.07. The van der Waals surface area contributed by atoms with Crippen molar-refractivity contribution in [1.29, 1.82) is 0 Å². The molecule has 0 aliphatic carbocycles. The van der Waals surface area contributed by atoms with E-state index in [2.05, 4.69) is 15.6 Å². The number of nitro benzene ring substituents is 1. The Kier molecular flexibility index (Phi) is 4.52. The highest BCUT2D eigenvalue weighted by atomic mass is 35.5. The number of hydrogen-bond donors (Lipinski definition) is 2. The van der Waals surface area contributed by atoms with Gasteiger partial charge in [0.15, 0.2) is 5.13 Å². The normalized spacial score (nSPS) is 10.6. The molecule has 2 N–H and O–H groups in total. The van der Waals surface area contributed by atoms with Crippen LogP contribution in [0.15, 0.2) is 36.4 Å². The number of aromatic nitrogens is 1. The maximum atomic E-state index is 12.0. The van der Waals surface area contributed by atoms with Gasteiger partial charge >= 0.3 is 6.03 Å². The van der Waals surface area contributed by atoms with Gasteiger partial charge in [-0.25, -0.2) is 9.78 Å². The summed E-state index contributed by atoms with van der Waals surface area (Å²) in [6.07, 6.45) is 0. The number of benzene rings is 2. The highest BCUT2D eigenvalue weighted by Gasteiger charge is 2.12. The van der Waals surface area contributed by atoms with Crippen LogP contribution in [0.5, 0.6) is 0 Å². The minimum Gasteiger partial charge on any atom is -0.308 e. The molecule has 10 heteroatoms. The van der Waals surface area contributed by atoms with Crippen LogP contribution in [-0.4, -0.2) is 15.9 Å². The van der Waals surface area contributed by atoms with E-state index in [9.17, 15) is 14.9 Å². The number of thiazole rings is 1. The number of amides is 2. The van der Waals surface area contributed by atoms with Crippen LogP contribution < -0.4 is 10.6 Å². The number of carbonyl (C=O) groups is 1. The quantitative estimate of drug-likeness (QED) is 0.483. The van der Waals surface area contributed by atoms with Gasteiger partial charge in [-0.05, 0) is 24.3 Å². The zero-order chi connectivity index (χ0) is 17.3. The molecule has 2 aromatic carbocycles. The maximum Gasteiger partial charge on any atom is 0.325 e. The summed E-state index contributed by atoms with van der Waals surface area (Å²) in [4.78, 5) is 26.5. The van der Waals surface area contributed by atoms with Crippen molar-refractivity contribution in [3.05, 3.63) is 56.6 Å². The fraction of sp³-hybridized carbons (Fsp3) is 0. The Hall–Kier alpha value is -2.42. The molecule has 0 spiro atoms. The molecule has 0 bridgehead atoms. The molecule has 2 amide bonds. The number of nitrogens with zero attached hydrogens (tertiary/aromatic N) is 2. The molecule has 0 aliphatic rings. The van der Waals surface area contributed by atoms with Gasteiger partial charge in [-0.15, -0.1) is 0 Å². The lowest BCUT2D eigenvalue weighted by Gasteiger charge is -2.06. The summed E-state index contributed by atoms with van der Waals surface area (Å²) in [5, 5.41) is 17.0. The second-order valence-corrected chi connectivity index (χ2v) is 6.48. The minimum atomic E-state index is -0.512. The lowest BCUT2D eigenvalue weighted by molar-refractivity contribution is -0.384. The summed E-state index contributed by atoms with van der Waals surface area (Å²) in [7, 11) is 0. The van der Waals surface area contributed by atoms with Crippen molar-refractivity contribution in [2.75, 3.05) is 10.6 Å². The predicted octanol–water partition coefficient (Wildman–Crippen LogP) is 5.16. The molecule has 7 nitrogen and oxygen atoms in total. The Balaban J connectivity index is 1.75. The van der Waals surface area contributed by atoms with Crippen LogP contribution in [-0.2, 0) is 0 Å². The van der Waals surface area contributed by atoms with Gasteiger partial charge in [-0.1, -0.05) is 34.5 Å². The van der Waals surface area contributed by atoms with E-state index in [1.54, 1.807) is 12.1 Å². The molecule has 0 aliphatic heterocycles. The van der Waals surface area contributed by atoms with E-state index in [1.807, 2.05) is 0 Å². The van der Waals surface area contributed by atoms with Crippen molar-refractivity contribution in [3.8, 4) is 0 Å². The molecule has 0 unspecified atom stereocenters. The molecule has 3 aromatic rings. The molecule has 0 atom stereocenters. The molecule has 0 fully saturated rings. The monoisotopic (exact) mass is 382 g/mol. The van der Waals surface area contributed by atoms with Crippen LogP contribution in [0.1, 0.15) is 0 Å². The van der Waals surface area contributed by atoms with Gasteiger partial charge < -0.3 is 5.32 Å². The molecule has 24 heavy (non-hydrogen) atoms. The van der Waals surface area contributed by atoms with Gasteiger partial charge in [-0.2, -0.15) is 0 Å². The molecular formula is C14H8Cl2N4O3S. The fourth-order valence-corrected chi connectivity index (χ4v) is 3.11. The predicted molar refractivity (Wildman–Crippen MR) is 95.4 cm³/mol. The van der Waals surface area contributed by atoms with Crippen LogP contribution in [0.25, 0.3) is 10.2 Å². The lowest BCUT2D eigenvalue weighted by Crippen LogP contribution is -2.19. The summed E-state index contributed by atoms with van der Waals surface area (Å²) in [5.41, 5.74) is 1.01. The first kappa shape index (κ1) is 16.4. The first-order chi connectivity index (χ1) is 11.4. The van der Waals surface area contributed by atoms with Crippen molar-refractivity contribution in [1.82, 2.24) is 4.98 Å². The number of urea groups is 1. The standard InChI is InChI=1S/C14H8Cl2N4O3S/c15-9-3-1-7(5-10(9)16)17-13(21)19-14-18-11-4-2-8(20(22)23)6-12(11)24-14/h1-6H,(H2,17,18,19,21). The number of anilines is 2. The topological polar surface area (TPSA) is 97.2 Å². The number of carbonyl (C=O) groups excluding carboxylic acids is 1. The van der Waals surface area contributed by atoms with Gasteiger partial charge in [0.1, 0.15) is 0 Å². The van der Waals surface area contributed by atoms with Crippen molar-refractivity contribution >= 4 is 67.3 Å². The smallest absolute Gasteiger partial charge is 0.308 e. The minimum absolute atomic E-state index is 0.0297. The number of nitro groups is 1. The summed E-state index contributed by atoms with van der Waals surface area (Å²) in [6, 6.07) is 8.49. The number of non-ortho nitro benzene ring substituents is 1. The van der Waals surface area contributed by atoms with Crippen LogP contribution >= 0.6 is 34.5 Å². The highest BCUT2D eigenvalue weighted by molar-refractivity contribution is 7.22. The van der Waals surface area contributed by atoms with E-state index in [0.717, 1.165) is 11.3 Å². The van der Waals surface area contributed by atoms with Crippen LogP contribution in [0.2, 0.25) is 10.0 Å². The van der Waals surface area contributed by atoms with E-state index in [0.29, 0.717) is 31.1 Å². The summed E-state index contributed by atoms with van der Waals surface area (Å²) in [5.74, 6) is 0. The average Bonchev–Trinajstić information content (AvgIpc) is 2.91. The SMILES string of the molecule is O=C(Nc1ccc(Cl)c(Cl)c1)Nc1nc2ccc([N+](=O)[O-])cc2s1. The zero-order valence-electron chi connectivity index (χ0n) is 11.7. The maximum absolute atomic E-state index is 12.0. The summed E-state index contributed by atoms with van der Waals surface area (Å²) in [6.45, 7) is 0.